The Morgan fingerprint density at radius 2 is 2.12 bits per heavy atom. The maximum Gasteiger partial charge on any atom is 0.352 e. The van der Waals surface area contributed by atoms with Gasteiger partial charge in [0, 0.05) is 18.6 Å². The lowest BCUT2D eigenvalue weighted by Crippen LogP contribution is -2.70. The summed E-state index contributed by atoms with van der Waals surface area (Å²) in [5, 5.41) is 28.4. The van der Waals surface area contributed by atoms with Crippen LogP contribution in [0.5, 0.6) is 0 Å². The average molecular weight is 499 g/mol. The summed E-state index contributed by atoms with van der Waals surface area (Å²) in [5.74, 6) is -1.30. The number of fused-ring (bicyclic) bond motifs is 1. The molecule has 4 rings (SSSR count). The number of halogens is 1. The zero-order valence-corrected chi connectivity index (χ0v) is 19.7. The molecule has 32 heavy (non-hydrogen) atoms. The Morgan fingerprint density at radius 3 is 2.72 bits per heavy atom. The van der Waals surface area contributed by atoms with E-state index in [2.05, 4.69) is 25.9 Å². The van der Waals surface area contributed by atoms with Crippen LogP contribution in [0.4, 0.5) is 0 Å². The van der Waals surface area contributed by atoms with E-state index in [9.17, 15) is 19.5 Å². The summed E-state index contributed by atoms with van der Waals surface area (Å²) in [7, 11) is 1.69. The normalized spacial score (nSPS) is 20.2. The minimum atomic E-state index is -1.18. The van der Waals surface area contributed by atoms with Crippen LogP contribution in [0, 0.1) is 13.8 Å². The van der Waals surface area contributed by atoms with E-state index in [0.717, 1.165) is 0 Å². The molecule has 0 unspecified atom stereocenters. The van der Waals surface area contributed by atoms with Gasteiger partial charge >= 0.3 is 5.97 Å². The van der Waals surface area contributed by atoms with Crippen LogP contribution in [-0.4, -0.2) is 80.7 Å². The maximum atomic E-state index is 12.8. The highest BCUT2D eigenvalue weighted by Gasteiger charge is 2.54. The number of aryl methyl sites for hydroxylation is 2. The number of tetrazole rings is 1. The van der Waals surface area contributed by atoms with Crippen molar-refractivity contribution >= 4 is 52.9 Å². The van der Waals surface area contributed by atoms with Crippen LogP contribution >= 0.6 is 35.1 Å². The van der Waals surface area contributed by atoms with Crippen LogP contribution in [0.25, 0.3) is 0 Å². The molecule has 2 aliphatic heterocycles. The molecule has 1 saturated heterocycles. The molecule has 2 atom stereocenters. The van der Waals surface area contributed by atoms with Crippen molar-refractivity contribution in [3.63, 3.8) is 0 Å². The van der Waals surface area contributed by atoms with E-state index in [1.807, 2.05) is 0 Å². The van der Waals surface area contributed by atoms with Crippen LogP contribution < -0.4 is 5.32 Å². The van der Waals surface area contributed by atoms with Crippen molar-refractivity contribution in [2.24, 2.45) is 7.05 Å². The van der Waals surface area contributed by atoms with Crippen LogP contribution in [0.1, 0.15) is 11.4 Å². The Hall–Kier alpha value is -2.58. The molecule has 0 saturated carbocycles. The van der Waals surface area contributed by atoms with Gasteiger partial charge in [-0.1, -0.05) is 23.4 Å². The Morgan fingerprint density at radius 1 is 1.38 bits per heavy atom. The van der Waals surface area contributed by atoms with Gasteiger partial charge in [-0.05, 0) is 29.8 Å². The number of rotatable bonds is 7. The number of hydrogen-bond acceptors (Lipinski definition) is 9. The van der Waals surface area contributed by atoms with Crippen molar-refractivity contribution in [2.75, 3.05) is 11.5 Å². The fourth-order valence-corrected chi connectivity index (χ4v) is 5.94. The first kappa shape index (κ1) is 22.6. The average Bonchev–Trinajstić information content (AvgIpc) is 3.27. The fourth-order valence-electron chi connectivity index (χ4n) is 3.47. The van der Waals surface area contributed by atoms with Gasteiger partial charge < -0.3 is 10.4 Å². The van der Waals surface area contributed by atoms with E-state index in [4.69, 9.17) is 11.6 Å². The van der Waals surface area contributed by atoms with Crippen LogP contribution in [0.3, 0.4) is 0 Å². The van der Waals surface area contributed by atoms with Crippen molar-refractivity contribution in [3.05, 3.63) is 27.7 Å². The molecule has 0 aromatic carbocycles. The minimum absolute atomic E-state index is 0.0443. The molecule has 170 valence electrons. The summed E-state index contributed by atoms with van der Waals surface area (Å²) in [5.41, 5.74) is 1.83. The molecule has 4 heterocycles. The van der Waals surface area contributed by atoms with E-state index >= 15 is 0 Å². The van der Waals surface area contributed by atoms with E-state index in [-0.39, 0.29) is 12.2 Å². The summed E-state index contributed by atoms with van der Waals surface area (Å²) < 4.78 is 2.96. The maximum absolute atomic E-state index is 12.8. The van der Waals surface area contributed by atoms with Gasteiger partial charge in [0.2, 0.25) is 11.1 Å². The van der Waals surface area contributed by atoms with Crippen LogP contribution in [-0.2, 0) is 28.0 Å². The summed E-state index contributed by atoms with van der Waals surface area (Å²) in [6.45, 7) is 3.41. The molecule has 1 fully saturated rings. The van der Waals surface area contributed by atoms with Crippen LogP contribution in [0.2, 0.25) is 5.02 Å². The van der Waals surface area contributed by atoms with Crippen molar-refractivity contribution in [3.8, 4) is 0 Å². The monoisotopic (exact) mass is 498 g/mol. The van der Waals surface area contributed by atoms with Gasteiger partial charge in [-0.25, -0.2) is 9.48 Å². The molecular formula is C17H19ClN8O4S2. The highest BCUT2D eigenvalue weighted by molar-refractivity contribution is 8.01. The molecule has 0 spiro atoms. The molecular weight excluding hydrogens is 480 g/mol. The Bertz CT molecular complexity index is 1150. The number of amides is 2. The van der Waals surface area contributed by atoms with E-state index in [0.29, 0.717) is 38.6 Å². The highest BCUT2D eigenvalue weighted by atomic mass is 35.5. The van der Waals surface area contributed by atoms with Gasteiger partial charge in [0.1, 0.15) is 23.7 Å². The zero-order chi connectivity index (χ0) is 23.2. The number of carbonyl (C=O) groups excluding carboxylic acids is 2. The molecule has 12 nitrogen and oxygen atoms in total. The van der Waals surface area contributed by atoms with Crippen molar-refractivity contribution in [1.82, 2.24) is 40.2 Å². The third kappa shape index (κ3) is 3.97. The number of nitrogens with one attached hydrogen (secondary N) is 1. The molecule has 2 aliphatic rings. The van der Waals surface area contributed by atoms with Gasteiger partial charge in [0.25, 0.3) is 5.91 Å². The lowest BCUT2D eigenvalue weighted by Gasteiger charge is -2.49. The van der Waals surface area contributed by atoms with Gasteiger partial charge in [0.05, 0.1) is 16.4 Å². The third-order valence-electron chi connectivity index (χ3n) is 5.11. The molecule has 15 heteroatoms. The highest BCUT2D eigenvalue weighted by Crippen LogP contribution is 2.41. The second-order valence-corrected chi connectivity index (χ2v) is 9.65. The van der Waals surface area contributed by atoms with Crippen molar-refractivity contribution in [1.29, 1.82) is 0 Å². The van der Waals surface area contributed by atoms with Gasteiger partial charge in [0.15, 0.2) is 0 Å². The standard InChI is InChI=1S/C17H19ClN8O4S2/c1-7-11(18)8(2)25(21-7)4-10(27)19-12-14(28)26-13(16(29)30)9(5-31-15(12)26)6-32-17-20-22-23-24(17)3/h12,15H,4-6H2,1-3H3,(H,19,27)(H,29,30)/t12-,15-/m0/s1. The second-order valence-electron chi connectivity index (χ2n) is 7.23. The van der Waals surface area contributed by atoms with Gasteiger partial charge in [-0.3, -0.25) is 19.2 Å². The molecule has 0 radical (unpaired) electrons. The van der Waals surface area contributed by atoms with Gasteiger partial charge in [-0.15, -0.1) is 16.9 Å². The minimum Gasteiger partial charge on any atom is -0.477 e. The van der Waals surface area contributed by atoms with E-state index in [1.54, 1.807) is 20.9 Å². The number of nitrogens with zero attached hydrogens (tertiary/aromatic N) is 7. The molecule has 0 aliphatic carbocycles. The topological polar surface area (TPSA) is 148 Å². The predicted molar refractivity (Wildman–Crippen MR) is 116 cm³/mol. The summed E-state index contributed by atoms with van der Waals surface area (Å²) >= 11 is 8.81. The lowest BCUT2D eigenvalue weighted by atomic mass is 10.0. The second kappa shape index (κ2) is 8.75. The number of hydrogen-bond donors (Lipinski definition) is 2. The quantitative estimate of drug-likeness (QED) is 0.400. The summed E-state index contributed by atoms with van der Waals surface area (Å²) in [4.78, 5) is 38.5. The first-order valence-corrected chi connectivity index (χ1v) is 11.8. The van der Waals surface area contributed by atoms with E-state index in [1.165, 1.54) is 37.8 Å². The molecule has 2 aromatic rings. The van der Waals surface area contributed by atoms with Gasteiger partial charge in [-0.2, -0.15) is 5.10 Å². The number of thioether (sulfide) groups is 2. The Balaban J connectivity index is 1.44. The predicted octanol–water partition coefficient (Wildman–Crippen LogP) is 0.208. The Kier molecular flexibility index (Phi) is 6.18. The number of aliphatic carboxylic acids is 1. The number of aromatic nitrogens is 6. The molecule has 0 bridgehead atoms. The SMILES string of the molecule is Cc1nn(CC(=O)N[C@H]2C(=O)N3C(C(=O)O)=C(CSc4nnnn4C)CS[C@@H]23)c(C)c1Cl. The summed E-state index contributed by atoms with van der Waals surface area (Å²) in [6, 6.07) is -0.800. The number of carbonyl (C=O) groups is 3. The first-order valence-electron chi connectivity index (χ1n) is 9.43. The van der Waals surface area contributed by atoms with Crippen molar-refractivity contribution < 1.29 is 19.5 Å². The number of carboxylic acid groups (broad SMARTS) is 1. The lowest BCUT2D eigenvalue weighted by molar-refractivity contribution is -0.150. The third-order valence-corrected chi connectivity index (χ3v) is 8.09. The molecule has 2 amide bonds. The van der Waals surface area contributed by atoms with Crippen LogP contribution in [0.15, 0.2) is 16.4 Å². The number of β-lactam (4-membered cyclic amide) rings is 1. The molecule has 2 aromatic heterocycles. The molecule has 2 N–H and O–H groups in total. The largest absolute Gasteiger partial charge is 0.477 e. The fraction of sp³-hybridized carbons (Fsp3) is 0.471. The number of carboxylic acids is 1. The summed E-state index contributed by atoms with van der Waals surface area (Å²) in [6.07, 6.45) is 0. The Labute approximate surface area is 195 Å². The smallest absolute Gasteiger partial charge is 0.352 e. The van der Waals surface area contributed by atoms with Crippen molar-refractivity contribution in [2.45, 2.75) is 37.0 Å². The zero-order valence-electron chi connectivity index (χ0n) is 17.3. The first-order chi connectivity index (χ1) is 15.2. The van der Waals surface area contributed by atoms with E-state index < -0.39 is 29.2 Å².